The maximum atomic E-state index is 11.3. The van der Waals surface area contributed by atoms with E-state index in [1.54, 1.807) is 0 Å². The molecule has 0 amide bonds. The highest BCUT2D eigenvalue weighted by Crippen LogP contribution is 2.61. The van der Waals surface area contributed by atoms with Crippen molar-refractivity contribution < 1.29 is 20.4 Å². The lowest BCUT2D eigenvalue weighted by molar-refractivity contribution is 0.250. The van der Waals surface area contributed by atoms with Crippen molar-refractivity contribution in [2.24, 2.45) is 0 Å². The number of rotatable bonds is 4. The topological polar surface area (TPSA) is 80.9 Å². The van der Waals surface area contributed by atoms with E-state index in [-0.39, 0.29) is 10.8 Å². The molecule has 0 heterocycles. The molecule has 0 spiro atoms. The molecule has 0 unspecified atom stereocenters. The Hall–Kier alpha value is -3.92. The minimum Gasteiger partial charge on any atom is -0.507 e. The first-order valence-corrected chi connectivity index (χ1v) is 18.3. The van der Waals surface area contributed by atoms with Crippen LogP contribution in [-0.2, 0) is 10.8 Å². The summed E-state index contributed by atoms with van der Waals surface area (Å²) in [7, 11) is 0. The quantitative estimate of drug-likeness (QED) is 0.173. The average Bonchev–Trinajstić information content (AvgIpc) is 3.09. The zero-order valence-electron chi connectivity index (χ0n) is 33.6. The number of benzene rings is 4. The lowest BCUT2D eigenvalue weighted by Gasteiger charge is -2.52. The van der Waals surface area contributed by atoms with E-state index in [9.17, 15) is 20.4 Å². The van der Waals surface area contributed by atoms with Crippen molar-refractivity contribution in [1.82, 2.24) is 0 Å². The van der Waals surface area contributed by atoms with Gasteiger partial charge in [-0.05, 0) is 248 Å². The molecule has 0 saturated heterocycles. The van der Waals surface area contributed by atoms with Gasteiger partial charge in [0.1, 0.15) is 23.0 Å². The Morgan fingerprint density at radius 3 is 0.480 bits per heavy atom. The SMILES string of the molecule is Cc1c(C)c(C2(c3c(C)c(C)c(O)c(C)c3C)CCC(c3c(C)c(C)c(O)c(C)c3C)(c3c(C)c(C)c(O)c(C)c3C)CC2)c(C)c(C)c1O. The predicted octanol–water partition coefficient (Wildman–Crippen LogP) is 11.3. The average molecular weight is 677 g/mol. The molecule has 1 fully saturated rings. The summed E-state index contributed by atoms with van der Waals surface area (Å²) in [5.41, 5.74) is 20.9. The highest BCUT2D eigenvalue weighted by Gasteiger charge is 2.51. The van der Waals surface area contributed by atoms with Crippen molar-refractivity contribution >= 4 is 0 Å². The molecule has 0 bridgehead atoms. The minimum absolute atomic E-state index is 0.373. The number of hydrogen-bond donors (Lipinski definition) is 4. The predicted molar refractivity (Wildman–Crippen MR) is 208 cm³/mol. The van der Waals surface area contributed by atoms with E-state index in [0.717, 1.165) is 115 Å². The van der Waals surface area contributed by atoms with Gasteiger partial charge in [-0.1, -0.05) is 0 Å². The van der Waals surface area contributed by atoms with Crippen LogP contribution in [0.4, 0.5) is 0 Å². The van der Waals surface area contributed by atoms with Gasteiger partial charge in [0.25, 0.3) is 0 Å². The Balaban J connectivity index is 1.97. The van der Waals surface area contributed by atoms with Crippen LogP contribution in [0.2, 0.25) is 0 Å². The first kappa shape index (κ1) is 37.3. The van der Waals surface area contributed by atoms with Crippen LogP contribution in [-0.4, -0.2) is 20.4 Å². The van der Waals surface area contributed by atoms with Crippen LogP contribution in [0.15, 0.2) is 0 Å². The van der Waals surface area contributed by atoms with Crippen LogP contribution in [0.3, 0.4) is 0 Å². The largest absolute Gasteiger partial charge is 0.507 e. The van der Waals surface area contributed by atoms with Crippen LogP contribution in [0.5, 0.6) is 23.0 Å². The maximum absolute atomic E-state index is 11.3. The maximum Gasteiger partial charge on any atom is 0.121 e. The van der Waals surface area contributed by atoms with Crippen molar-refractivity contribution in [3.63, 3.8) is 0 Å². The van der Waals surface area contributed by atoms with Gasteiger partial charge in [0, 0.05) is 10.8 Å². The lowest BCUT2D eigenvalue weighted by Crippen LogP contribution is -2.44. The normalized spacial score (nSPS) is 15.5. The van der Waals surface area contributed by atoms with E-state index < -0.39 is 0 Å². The molecule has 0 aliphatic heterocycles. The molecule has 0 atom stereocenters. The molecule has 4 heteroatoms. The van der Waals surface area contributed by atoms with Crippen LogP contribution < -0.4 is 0 Å². The van der Waals surface area contributed by atoms with Crippen LogP contribution in [0, 0.1) is 111 Å². The van der Waals surface area contributed by atoms with Gasteiger partial charge < -0.3 is 20.4 Å². The fourth-order valence-electron chi connectivity index (χ4n) is 10.4. The van der Waals surface area contributed by atoms with Crippen LogP contribution in [0.25, 0.3) is 0 Å². The van der Waals surface area contributed by atoms with E-state index >= 15 is 0 Å². The summed E-state index contributed by atoms with van der Waals surface area (Å²) in [6, 6.07) is 0. The monoisotopic (exact) mass is 676 g/mol. The molecule has 5 rings (SSSR count). The number of phenolic OH excluding ortho intramolecular Hbond substituents is 4. The van der Waals surface area contributed by atoms with E-state index in [0.29, 0.717) is 23.0 Å². The third-order valence-corrected chi connectivity index (χ3v) is 14.2. The Bertz CT molecular complexity index is 1690. The van der Waals surface area contributed by atoms with Crippen molar-refractivity contribution in [3.05, 3.63) is 111 Å². The van der Waals surface area contributed by atoms with Gasteiger partial charge in [0.15, 0.2) is 0 Å². The molecule has 0 radical (unpaired) electrons. The van der Waals surface area contributed by atoms with Crippen molar-refractivity contribution in [2.45, 2.75) is 147 Å². The first-order chi connectivity index (χ1) is 23.1. The highest BCUT2D eigenvalue weighted by atomic mass is 16.3. The zero-order valence-corrected chi connectivity index (χ0v) is 33.6. The Morgan fingerprint density at radius 2 is 0.360 bits per heavy atom. The molecule has 50 heavy (non-hydrogen) atoms. The van der Waals surface area contributed by atoms with Crippen molar-refractivity contribution in [1.29, 1.82) is 0 Å². The number of phenols is 4. The third-order valence-electron chi connectivity index (χ3n) is 14.2. The molecule has 1 aliphatic rings. The standard InChI is InChI=1S/C46H60O4/c1-21-29(9)41(47)30(10)22(2)37(21)45(38-23(3)31(11)42(48)32(12)24(38)4)17-19-46(20-18-45,39-25(5)33(13)43(49)34(14)26(39)6)40-27(7)35(15)44(50)36(16)28(40)8/h47-50H,17-20H2,1-16H3. The Labute approximate surface area is 301 Å². The second-order valence-corrected chi connectivity index (χ2v) is 16.1. The third kappa shape index (κ3) is 4.83. The zero-order chi connectivity index (χ0) is 37.7. The second kappa shape index (κ2) is 12.4. The van der Waals surface area contributed by atoms with Gasteiger partial charge in [-0.2, -0.15) is 0 Å². The molecule has 4 N–H and O–H groups in total. The fraction of sp³-hybridized carbons (Fsp3) is 0.478. The van der Waals surface area contributed by atoms with Gasteiger partial charge in [-0.3, -0.25) is 0 Å². The fourth-order valence-corrected chi connectivity index (χ4v) is 10.4. The molecule has 4 nitrogen and oxygen atoms in total. The second-order valence-electron chi connectivity index (χ2n) is 16.1. The number of aromatic hydroxyl groups is 4. The summed E-state index contributed by atoms with van der Waals surface area (Å²) >= 11 is 0. The number of hydrogen-bond acceptors (Lipinski definition) is 4. The molecule has 0 aromatic heterocycles. The molecule has 1 saturated carbocycles. The van der Waals surface area contributed by atoms with Gasteiger partial charge in [0.2, 0.25) is 0 Å². The summed E-state index contributed by atoms with van der Waals surface area (Å²) in [5, 5.41) is 45.0. The van der Waals surface area contributed by atoms with Crippen LogP contribution >= 0.6 is 0 Å². The van der Waals surface area contributed by atoms with Gasteiger partial charge in [-0.15, -0.1) is 0 Å². The molecule has 268 valence electrons. The first-order valence-electron chi connectivity index (χ1n) is 18.3. The van der Waals surface area contributed by atoms with Gasteiger partial charge >= 0.3 is 0 Å². The summed E-state index contributed by atoms with van der Waals surface area (Å²) < 4.78 is 0. The molecule has 4 aromatic carbocycles. The van der Waals surface area contributed by atoms with E-state index in [1.807, 2.05) is 55.4 Å². The van der Waals surface area contributed by atoms with Gasteiger partial charge in [0.05, 0.1) is 0 Å². The lowest BCUT2D eigenvalue weighted by atomic mass is 9.51. The Morgan fingerprint density at radius 1 is 0.240 bits per heavy atom. The van der Waals surface area contributed by atoms with Crippen molar-refractivity contribution in [3.8, 4) is 23.0 Å². The summed E-state index contributed by atoms with van der Waals surface area (Å²) in [6.45, 7) is 33.7. The van der Waals surface area contributed by atoms with Crippen molar-refractivity contribution in [2.75, 3.05) is 0 Å². The summed E-state index contributed by atoms with van der Waals surface area (Å²) in [6.07, 6.45) is 3.39. The molecular weight excluding hydrogens is 617 g/mol. The minimum atomic E-state index is -0.385. The summed E-state index contributed by atoms with van der Waals surface area (Å²) in [5.74, 6) is 1.49. The molecule has 1 aliphatic carbocycles. The van der Waals surface area contributed by atoms with Gasteiger partial charge in [-0.25, -0.2) is 0 Å². The molecule has 4 aromatic rings. The van der Waals surface area contributed by atoms with E-state index in [4.69, 9.17) is 0 Å². The highest BCUT2D eigenvalue weighted by molar-refractivity contribution is 5.67. The van der Waals surface area contributed by atoms with E-state index in [2.05, 4.69) is 55.4 Å². The Kier molecular flexibility index (Phi) is 9.25. The van der Waals surface area contributed by atoms with Crippen LogP contribution in [0.1, 0.15) is 137 Å². The smallest absolute Gasteiger partial charge is 0.121 e. The molecular formula is C46H60O4. The van der Waals surface area contributed by atoms with E-state index in [1.165, 1.54) is 22.3 Å². The summed E-state index contributed by atoms with van der Waals surface area (Å²) in [4.78, 5) is 0.